The van der Waals surface area contributed by atoms with Crippen LogP contribution in [0.15, 0.2) is 24.9 Å². The van der Waals surface area contributed by atoms with Gasteiger partial charge in [0.25, 0.3) is 0 Å². The Bertz CT molecular complexity index is 951. The third-order valence-corrected chi connectivity index (χ3v) is 5.07. The zero-order chi connectivity index (χ0) is 22.0. The molecule has 2 aromatic rings. The summed E-state index contributed by atoms with van der Waals surface area (Å²) in [4.78, 5) is 20.9. The molecule has 166 valence electrons. The van der Waals surface area contributed by atoms with Gasteiger partial charge < -0.3 is 25.0 Å². The van der Waals surface area contributed by atoms with Crippen LogP contribution in [0.3, 0.4) is 0 Å². The third-order valence-electron chi connectivity index (χ3n) is 5.07. The van der Waals surface area contributed by atoms with Gasteiger partial charge in [-0.05, 0) is 6.07 Å². The summed E-state index contributed by atoms with van der Waals surface area (Å²) < 4.78 is 52.0. The summed E-state index contributed by atoms with van der Waals surface area (Å²) in [6.45, 7) is 7.09. The minimum absolute atomic E-state index is 0.124. The van der Waals surface area contributed by atoms with Gasteiger partial charge in [0, 0.05) is 25.8 Å². The fourth-order valence-electron chi connectivity index (χ4n) is 3.46. The Labute approximate surface area is 176 Å². The van der Waals surface area contributed by atoms with Crippen LogP contribution in [0.2, 0.25) is 0 Å². The lowest BCUT2D eigenvalue weighted by molar-refractivity contribution is -0.137. The second-order valence-electron chi connectivity index (χ2n) is 7.08. The first kappa shape index (κ1) is 21.2. The molecule has 0 bridgehead atoms. The standard InChI is InChI=1S/C19H22F3N7O2/c1-2-12-11-31-8-5-29(12)18-26-16(25-17(27-18)28-3-6-30-7-4-28)13-10-24-15(23)9-14(13)19(20,21)22/h2,9-10,12H,1,3-8,11H2,(H2,23,24)/t12-/m0/s1. The summed E-state index contributed by atoms with van der Waals surface area (Å²) >= 11 is 0. The van der Waals surface area contributed by atoms with Gasteiger partial charge in [-0.3, -0.25) is 0 Å². The summed E-state index contributed by atoms with van der Waals surface area (Å²) in [5, 5.41) is 0. The van der Waals surface area contributed by atoms with Gasteiger partial charge in [-0.2, -0.15) is 28.1 Å². The second kappa shape index (κ2) is 8.63. The maximum Gasteiger partial charge on any atom is 0.417 e. The van der Waals surface area contributed by atoms with E-state index in [1.165, 1.54) is 0 Å². The minimum Gasteiger partial charge on any atom is -0.384 e. The molecule has 12 heteroatoms. The molecule has 0 aromatic carbocycles. The number of rotatable bonds is 4. The van der Waals surface area contributed by atoms with Crippen molar-refractivity contribution in [2.75, 3.05) is 61.6 Å². The van der Waals surface area contributed by atoms with Crippen LogP contribution in [-0.2, 0) is 15.7 Å². The highest BCUT2D eigenvalue weighted by Crippen LogP contribution is 2.37. The van der Waals surface area contributed by atoms with Crippen LogP contribution in [0.4, 0.5) is 30.9 Å². The fourth-order valence-corrected chi connectivity index (χ4v) is 3.46. The Balaban J connectivity index is 1.85. The predicted octanol–water partition coefficient (Wildman–Crippen LogP) is 1.76. The van der Waals surface area contributed by atoms with Crippen LogP contribution >= 0.6 is 0 Å². The lowest BCUT2D eigenvalue weighted by atomic mass is 10.1. The molecule has 2 aliphatic rings. The number of hydrogen-bond acceptors (Lipinski definition) is 9. The van der Waals surface area contributed by atoms with Gasteiger partial charge in [-0.1, -0.05) is 6.08 Å². The zero-order valence-electron chi connectivity index (χ0n) is 16.7. The summed E-state index contributed by atoms with van der Waals surface area (Å²) in [7, 11) is 0. The van der Waals surface area contributed by atoms with Crippen molar-refractivity contribution in [3.63, 3.8) is 0 Å². The van der Waals surface area contributed by atoms with Crippen LogP contribution in [-0.4, -0.2) is 72.0 Å². The molecule has 0 spiro atoms. The van der Waals surface area contributed by atoms with Gasteiger partial charge in [0.1, 0.15) is 5.82 Å². The molecule has 2 aromatic heterocycles. The average molecular weight is 437 g/mol. The Morgan fingerprint density at radius 2 is 1.77 bits per heavy atom. The van der Waals surface area contributed by atoms with E-state index in [-0.39, 0.29) is 35.1 Å². The highest BCUT2D eigenvalue weighted by Gasteiger charge is 2.36. The molecule has 2 N–H and O–H groups in total. The van der Waals surface area contributed by atoms with Gasteiger partial charge in [0.2, 0.25) is 11.9 Å². The van der Waals surface area contributed by atoms with Crippen molar-refractivity contribution < 1.29 is 22.6 Å². The molecular weight excluding hydrogens is 415 g/mol. The summed E-state index contributed by atoms with van der Waals surface area (Å²) in [6.07, 6.45) is -1.91. The molecule has 4 rings (SSSR count). The van der Waals surface area contributed by atoms with E-state index in [9.17, 15) is 13.2 Å². The van der Waals surface area contributed by atoms with Gasteiger partial charge in [0.15, 0.2) is 5.82 Å². The van der Waals surface area contributed by atoms with Crippen LogP contribution in [0.5, 0.6) is 0 Å². The molecular formula is C19H22F3N7O2. The number of aromatic nitrogens is 4. The number of halogens is 3. The van der Waals surface area contributed by atoms with E-state index >= 15 is 0 Å². The molecule has 2 aliphatic heterocycles. The Morgan fingerprint density at radius 3 is 2.48 bits per heavy atom. The smallest absolute Gasteiger partial charge is 0.384 e. The number of nitrogens with zero attached hydrogens (tertiary/aromatic N) is 6. The number of anilines is 3. The molecule has 9 nitrogen and oxygen atoms in total. The highest BCUT2D eigenvalue weighted by molar-refractivity contribution is 5.64. The predicted molar refractivity (Wildman–Crippen MR) is 108 cm³/mol. The Kier molecular flexibility index (Phi) is 5.92. The molecule has 0 unspecified atom stereocenters. The second-order valence-corrected chi connectivity index (χ2v) is 7.08. The quantitative estimate of drug-likeness (QED) is 0.717. The third kappa shape index (κ3) is 4.54. The number of hydrogen-bond donors (Lipinski definition) is 1. The molecule has 31 heavy (non-hydrogen) atoms. The topological polar surface area (TPSA) is 103 Å². The van der Waals surface area contributed by atoms with Crippen LogP contribution < -0.4 is 15.5 Å². The Hall–Kier alpha value is -2.99. The first-order valence-corrected chi connectivity index (χ1v) is 9.75. The summed E-state index contributed by atoms with van der Waals surface area (Å²) in [5.74, 6) is 0.173. The number of alkyl halides is 3. The van der Waals surface area contributed by atoms with Crippen molar-refractivity contribution >= 4 is 17.7 Å². The maximum absolute atomic E-state index is 13.7. The molecule has 0 amide bonds. The molecule has 4 heterocycles. The van der Waals surface area contributed by atoms with E-state index in [4.69, 9.17) is 15.2 Å². The first-order valence-electron chi connectivity index (χ1n) is 9.75. The number of ether oxygens (including phenoxy) is 2. The molecule has 2 fully saturated rings. The van der Waals surface area contributed by atoms with Crippen LogP contribution in [0.25, 0.3) is 11.4 Å². The minimum atomic E-state index is -4.65. The van der Waals surface area contributed by atoms with Gasteiger partial charge >= 0.3 is 6.18 Å². The van der Waals surface area contributed by atoms with Crippen molar-refractivity contribution in [2.45, 2.75) is 12.2 Å². The first-order chi connectivity index (χ1) is 14.9. The van der Waals surface area contributed by atoms with E-state index in [0.717, 1.165) is 12.3 Å². The van der Waals surface area contributed by atoms with Gasteiger partial charge in [-0.25, -0.2) is 4.98 Å². The van der Waals surface area contributed by atoms with Crippen LogP contribution in [0, 0.1) is 0 Å². The van der Waals surface area contributed by atoms with Crippen molar-refractivity contribution in [2.24, 2.45) is 0 Å². The molecule has 0 saturated carbocycles. The SMILES string of the molecule is C=C[C@H]1COCCN1c1nc(-c2cnc(N)cc2C(F)(F)F)nc(N2CCOCC2)n1. The van der Waals surface area contributed by atoms with Crippen LogP contribution in [0.1, 0.15) is 5.56 Å². The summed E-state index contributed by atoms with van der Waals surface area (Å²) in [6, 6.07) is 0.572. The van der Waals surface area contributed by atoms with E-state index in [1.807, 2.05) is 9.80 Å². The maximum atomic E-state index is 13.7. The number of pyridine rings is 1. The monoisotopic (exact) mass is 437 g/mol. The van der Waals surface area contributed by atoms with E-state index < -0.39 is 11.7 Å². The van der Waals surface area contributed by atoms with E-state index in [0.29, 0.717) is 46.1 Å². The highest BCUT2D eigenvalue weighted by atomic mass is 19.4. The zero-order valence-corrected chi connectivity index (χ0v) is 16.7. The molecule has 0 aliphatic carbocycles. The lowest BCUT2D eigenvalue weighted by Crippen LogP contribution is -2.45. The largest absolute Gasteiger partial charge is 0.417 e. The molecule has 2 saturated heterocycles. The normalized spacial score (nSPS) is 20.0. The lowest BCUT2D eigenvalue weighted by Gasteiger charge is -2.34. The van der Waals surface area contributed by atoms with E-state index in [2.05, 4.69) is 26.5 Å². The Morgan fingerprint density at radius 1 is 1.06 bits per heavy atom. The van der Waals surface area contributed by atoms with Crippen molar-refractivity contribution in [3.05, 3.63) is 30.5 Å². The van der Waals surface area contributed by atoms with Gasteiger partial charge in [-0.15, -0.1) is 6.58 Å². The molecule has 0 radical (unpaired) electrons. The van der Waals surface area contributed by atoms with Crippen molar-refractivity contribution in [3.8, 4) is 11.4 Å². The molecule has 1 atom stereocenters. The summed E-state index contributed by atoms with van der Waals surface area (Å²) in [5.41, 5.74) is 4.30. The van der Waals surface area contributed by atoms with Crippen molar-refractivity contribution in [1.82, 2.24) is 19.9 Å². The average Bonchev–Trinajstić information content (AvgIpc) is 2.78. The number of morpholine rings is 2. The van der Waals surface area contributed by atoms with E-state index in [1.54, 1.807) is 6.08 Å². The number of nitrogens with two attached hydrogens (primary N) is 1. The fraction of sp³-hybridized carbons (Fsp3) is 0.474. The van der Waals surface area contributed by atoms with Crippen molar-refractivity contribution in [1.29, 1.82) is 0 Å². The van der Waals surface area contributed by atoms with Gasteiger partial charge in [0.05, 0.1) is 43.6 Å². The number of nitrogen functional groups attached to an aromatic ring is 1.